The maximum absolute atomic E-state index is 14.2. The van der Waals surface area contributed by atoms with Crippen LogP contribution in [0.4, 0.5) is 4.39 Å². The molecule has 1 heterocycles. The van der Waals surface area contributed by atoms with Crippen molar-refractivity contribution in [2.75, 3.05) is 6.54 Å². The normalized spacial score (nSPS) is 17.4. The van der Waals surface area contributed by atoms with Gasteiger partial charge in [-0.25, -0.2) is 9.18 Å². The number of halogens is 2. The smallest absolute Gasteiger partial charge is 0.335 e. The first-order valence-corrected chi connectivity index (χ1v) is 12.4. The van der Waals surface area contributed by atoms with Crippen molar-refractivity contribution in [2.45, 2.75) is 44.8 Å². The minimum atomic E-state index is -0.905. The molecular formula is C31H31ClFNO3. The molecule has 192 valence electrons. The van der Waals surface area contributed by atoms with Crippen LogP contribution in [0.3, 0.4) is 0 Å². The highest BCUT2D eigenvalue weighted by atomic mass is 35.5. The van der Waals surface area contributed by atoms with E-state index < -0.39 is 5.97 Å². The molecule has 4 aromatic carbocycles. The van der Waals surface area contributed by atoms with Crippen LogP contribution in [0.1, 0.15) is 64.3 Å². The van der Waals surface area contributed by atoms with E-state index in [1.807, 2.05) is 73.7 Å². The van der Waals surface area contributed by atoms with Crippen molar-refractivity contribution in [3.05, 3.63) is 112 Å². The third kappa shape index (κ3) is 5.48. The minimum absolute atomic E-state index is 0. The van der Waals surface area contributed by atoms with Gasteiger partial charge in [-0.2, -0.15) is 0 Å². The zero-order valence-corrected chi connectivity index (χ0v) is 21.7. The summed E-state index contributed by atoms with van der Waals surface area (Å²) in [4.78, 5) is 11.7. The van der Waals surface area contributed by atoms with Gasteiger partial charge in [0.25, 0.3) is 0 Å². The molecule has 1 aliphatic rings. The maximum Gasteiger partial charge on any atom is 0.335 e. The Kier molecular flexibility index (Phi) is 8.16. The molecule has 2 N–H and O–H groups in total. The number of rotatable bonds is 7. The predicted octanol–water partition coefficient (Wildman–Crippen LogP) is 7.43. The lowest BCUT2D eigenvalue weighted by Gasteiger charge is -2.33. The van der Waals surface area contributed by atoms with E-state index >= 15 is 0 Å². The van der Waals surface area contributed by atoms with Gasteiger partial charge in [0.05, 0.1) is 5.56 Å². The van der Waals surface area contributed by atoms with Gasteiger partial charge in [-0.15, -0.1) is 12.4 Å². The van der Waals surface area contributed by atoms with Crippen molar-refractivity contribution in [1.29, 1.82) is 0 Å². The van der Waals surface area contributed by atoms with Crippen LogP contribution in [0.2, 0.25) is 0 Å². The van der Waals surface area contributed by atoms with E-state index in [1.54, 1.807) is 0 Å². The standard InChI is InChI=1S/C31H30FNO3.ClH/c1-19-11-12-21(17-27(19)31(34)35)28-18-22(36-30-10-6-5-9-26(28)30)15-16-33-20(2)23-13-14-29(32)25-8-4-3-7-24(23)25;/h3-14,17,20,22,28,33H,15-16,18H2,1-2H3,(H,34,35);1H/t20-,22+,28+;/m1./s1. The molecule has 0 amide bonds. The number of carboxylic acids is 1. The van der Waals surface area contributed by atoms with Gasteiger partial charge in [0.1, 0.15) is 17.7 Å². The van der Waals surface area contributed by atoms with Crippen molar-refractivity contribution in [3.63, 3.8) is 0 Å². The van der Waals surface area contributed by atoms with E-state index in [9.17, 15) is 14.3 Å². The monoisotopic (exact) mass is 519 g/mol. The van der Waals surface area contributed by atoms with Crippen LogP contribution >= 0.6 is 12.4 Å². The third-order valence-electron chi connectivity index (χ3n) is 7.27. The summed E-state index contributed by atoms with van der Waals surface area (Å²) >= 11 is 0. The minimum Gasteiger partial charge on any atom is -0.490 e. The Hall–Kier alpha value is -3.41. The zero-order valence-electron chi connectivity index (χ0n) is 20.9. The molecular weight excluding hydrogens is 489 g/mol. The fourth-order valence-electron chi connectivity index (χ4n) is 5.31. The zero-order chi connectivity index (χ0) is 25.2. The number of nitrogens with one attached hydrogen (secondary N) is 1. The Bertz CT molecular complexity index is 1420. The van der Waals surface area contributed by atoms with Crippen LogP contribution in [-0.2, 0) is 0 Å². The number of hydrogen-bond donors (Lipinski definition) is 2. The number of hydrogen-bond acceptors (Lipinski definition) is 3. The number of ether oxygens (including phenoxy) is 1. The second kappa shape index (κ2) is 11.3. The van der Waals surface area contributed by atoms with Crippen LogP contribution < -0.4 is 10.1 Å². The number of para-hydroxylation sites is 1. The molecule has 4 nitrogen and oxygen atoms in total. The fraction of sp³-hybridized carbons (Fsp3) is 0.258. The first kappa shape index (κ1) is 26.6. The maximum atomic E-state index is 14.2. The van der Waals surface area contributed by atoms with E-state index in [-0.39, 0.29) is 36.3 Å². The molecule has 1 aliphatic heterocycles. The number of aromatic carboxylic acids is 1. The first-order chi connectivity index (χ1) is 17.4. The molecule has 37 heavy (non-hydrogen) atoms. The summed E-state index contributed by atoms with van der Waals surface area (Å²) in [6, 6.07) is 24.8. The highest BCUT2D eigenvalue weighted by Gasteiger charge is 2.30. The summed E-state index contributed by atoms with van der Waals surface area (Å²) in [6.45, 7) is 4.66. The van der Waals surface area contributed by atoms with E-state index in [0.29, 0.717) is 10.9 Å². The largest absolute Gasteiger partial charge is 0.490 e. The van der Waals surface area contributed by atoms with E-state index in [1.165, 1.54) is 6.07 Å². The molecule has 6 heteroatoms. The molecule has 0 unspecified atom stereocenters. The highest BCUT2D eigenvalue weighted by molar-refractivity contribution is 5.89. The lowest BCUT2D eigenvalue weighted by Crippen LogP contribution is -2.31. The molecule has 3 atom stereocenters. The fourth-order valence-corrected chi connectivity index (χ4v) is 5.31. The van der Waals surface area contributed by atoms with Crippen LogP contribution in [0.15, 0.2) is 78.9 Å². The van der Waals surface area contributed by atoms with Crippen molar-refractivity contribution >= 4 is 29.1 Å². The molecule has 0 spiro atoms. The average Bonchev–Trinajstić information content (AvgIpc) is 2.88. The number of carboxylic acid groups (broad SMARTS) is 1. The lowest BCUT2D eigenvalue weighted by molar-refractivity contribution is 0.0696. The van der Waals surface area contributed by atoms with Crippen molar-refractivity contribution in [1.82, 2.24) is 5.32 Å². The van der Waals surface area contributed by atoms with Gasteiger partial charge in [-0.1, -0.05) is 60.7 Å². The SMILES string of the molecule is Cc1ccc([C@@H]2C[C@H](CCN[C@H](C)c3ccc(F)c4ccccc34)Oc3ccccc32)cc1C(=O)O.Cl. The van der Waals surface area contributed by atoms with Crippen molar-refractivity contribution in [2.24, 2.45) is 0 Å². The van der Waals surface area contributed by atoms with Crippen molar-refractivity contribution in [3.8, 4) is 5.75 Å². The molecule has 0 saturated carbocycles. The second-order valence-electron chi connectivity index (χ2n) is 9.59. The number of fused-ring (bicyclic) bond motifs is 2. The molecule has 5 rings (SSSR count). The average molecular weight is 520 g/mol. The van der Waals surface area contributed by atoms with Crippen LogP contribution in [0, 0.1) is 12.7 Å². The van der Waals surface area contributed by atoms with Crippen LogP contribution in [0.25, 0.3) is 10.8 Å². The summed E-state index contributed by atoms with van der Waals surface area (Å²) in [5, 5.41) is 14.8. The first-order valence-electron chi connectivity index (χ1n) is 12.4. The molecule has 0 aliphatic carbocycles. The Morgan fingerprint density at radius 3 is 2.57 bits per heavy atom. The van der Waals surface area contributed by atoms with Gasteiger partial charge >= 0.3 is 5.97 Å². The van der Waals surface area contributed by atoms with Crippen LogP contribution in [0.5, 0.6) is 5.75 Å². The Balaban J connectivity index is 0.00000320. The second-order valence-corrected chi connectivity index (χ2v) is 9.59. The summed E-state index contributed by atoms with van der Waals surface area (Å²) in [5.74, 6) is -0.187. The quantitative estimate of drug-likeness (QED) is 0.266. The molecule has 0 saturated heterocycles. The molecule has 0 aromatic heterocycles. The van der Waals surface area contributed by atoms with E-state index in [2.05, 4.69) is 18.3 Å². The molecule has 0 bridgehead atoms. The van der Waals surface area contributed by atoms with E-state index in [4.69, 9.17) is 4.74 Å². The topological polar surface area (TPSA) is 58.6 Å². The summed E-state index contributed by atoms with van der Waals surface area (Å²) in [5.41, 5.74) is 4.26. The Labute approximate surface area is 222 Å². The predicted molar refractivity (Wildman–Crippen MR) is 148 cm³/mol. The van der Waals surface area contributed by atoms with Gasteiger partial charge in [-0.05, 0) is 73.5 Å². The summed E-state index contributed by atoms with van der Waals surface area (Å²) in [6.07, 6.45) is 1.56. The highest BCUT2D eigenvalue weighted by Crippen LogP contribution is 2.41. The number of aryl methyl sites for hydroxylation is 1. The summed E-state index contributed by atoms with van der Waals surface area (Å²) in [7, 11) is 0. The van der Waals surface area contributed by atoms with E-state index in [0.717, 1.165) is 52.8 Å². The lowest BCUT2D eigenvalue weighted by atomic mass is 9.82. The van der Waals surface area contributed by atoms with Crippen LogP contribution in [-0.4, -0.2) is 23.7 Å². The molecule has 4 aromatic rings. The number of carbonyl (C=O) groups is 1. The van der Waals surface area contributed by atoms with Gasteiger partial charge in [0, 0.05) is 22.9 Å². The van der Waals surface area contributed by atoms with Gasteiger partial charge in [-0.3, -0.25) is 0 Å². The number of benzene rings is 4. The molecule has 0 fully saturated rings. The van der Waals surface area contributed by atoms with Crippen molar-refractivity contribution < 1.29 is 19.0 Å². The van der Waals surface area contributed by atoms with Gasteiger partial charge in [0.2, 0.25) is 0 Å². The third-order valence-corrected chi connectivity index (χ3v) is 7.27. The van der Waals surface area contributed by atoms with Gasteiger partial charge < -0.3 is 15.2 Å². The van der Waals surface area contributed by atoms with Gasteiger partial charge in [0.15, 0.2) is 0 Å². The summed E-state index contributed by atoms with van der Waals surface area (Å²) < 4.78 is 20.6. The molecule has 0 radical (unpaired) electrons. The Morgan fingerprint density at radius 1 is 1.05 bits per heavy atom. The Morgan fingerprint density at radius 2 is 1.78 bits per heavy atom.